The minimum Gasteiger partial charge on any atom is -0.338 e. The molecule has 2 aliphatic rings. The fourth-order valence-corrected chi connectivity index (χ4v) is 2.79. The maximum absolute atomic E-state index is 12.2. The van der Waals surface area contributed by atoms with E-state index in [9.17, 15) is 4.79 Å². The van der Waals surface area contributed by atoms with E-state index < -0.39 is 0 Å². The maximum atomic E-state index is 12.2. The topological polar surface area (TPSA) is 23.6 Å². The van der Waals surface area contributed by atoms with E-state index in [1.54, 1.807) is 0 Å². The van der Waals surface area contributed by atoms with E-state index >= 15 is 0 Å². The SMILES string of the molecule is CN(C)CC(=O)N1CCC[C@H]1C1C=CC=CC1. The average Bonchev–Trinajstić information content (AvgIpc) is 2.78. The van der Waals surface area contributed by atoms with Gasteiger partial charge in [0.05, 0.1) is 6.54 Å². The van der Waals surface area contributed by atoms with Crippen molar-refractivity contribution >= 4 is 5.91 Å². The van der Waals surface area contributed by atoms with Gasteiger partial charge in [-0.2, -0.15) is 0 Å². The van der Waals surface area contributed by atoms with Crippen LogP contribution in [0.4, 0.5) is 0 Å². The predicted octanol–water partition coefficient (Wildman–Crippen LogP) is 1.67. The number of likely N-dealkylation sites (tertiary alicyclic amines) is 1. The molecule has 3 heteroatoms. The number of amides is 1. The lowest BCUT2D eigenvalue weighted by atomic mass is 9.91. The Hall–Kier alpha value is -1.09. The molecular formula is C14H22N2O. The van der Waals surface area contributed by atoms with E-state index in [0.29, 0.717) is 18.5 Å². The summed E-state index contributed by atoms with van der Waals surface area (Å²) < 4.78 is 0. The summed E-state index contributed by atoms with van der Waals surface area (Å²) in [5.74, 6) is 0.800. The molecule has 0 radical (unpaired) electrons. The van der Waals surface area contributed by atoms with E-state index in [4.69, 9.17) is 0 Å². The van der Waals surface area contributed by atoms with Crippen molar-refractivity contribution in [2.45, 2.75) is 25.3 Å². The first-order valence-electron chi connectivity index (χ1n) is 6.46. The normalized spacial score (nSPS) is 28.1. The Balaban J connectivity index is 1.99. The van der Waals surface area contributed by atoms with Gasteiger partial charge in [-0.05, 0) is 33.4 Å². The highest BCUT2D eigenvalue weighted by Crippen LogP contribution is 2.29. The van der Waals surface area contributed by atoms with Crippen LogP contribution in [0.25, 0.3) is 0 Å². The van der Waals surface area contributed by atoms with Crippen molar-refractivity contribution in [2.24, 2.45) is 5.92 Å². The number of nitrogens with zero attached hydrogens (tertiary/aromatic N) is 2. The summed E-state index contributed by atoms with van der Waals surface area (Å²) in [6.07, 6.45) is 12.1. The first-order chi connectivity index (χ1) is 8.18. The minimum absolute atomic E-state index is 0.278. The average molecular weight is 234 g/mol. The van der Waals surface area contributed by atoms with Crippen LogP contribution in [0.5, 0.6) is 0 Å². The third-order valence-corrected chi connectivity index (χ3v) is 3.58. The number of carbonyl (C=O) groups excluding carboxylic acids is 1. The molecule has 1 saturated heterocycles. The van der Waals surface area contributed by atoms with Crippen LogP contribution >= 0.6 is 0 Å². The minimum atomic E-state index is 0.278. The number of likely N-dealkylation sites (N-methyl/N-ethyl adjacent to an activating group) is 1. The number of hydrogen-bond acceptors (Lipinski definition) is 2. The standard InChI is InChI=1S/C14H22N2O/c1-15(2)11-14(17)16-10-6-9-13(16)12-7-4-3-5-8-12/h3-5,7,12-13H,6,8-11H2,1-2H3/t12?,13-/m0/s1. The summed E-state index contributed by atoms with van der Waals surface area (Å²) >= 11 is 0. The number of rotatable bonds is 3. The summed E-state index contributed by atoms with van der Waals surface area (Å²) in [6, 6.07) is 0.420. The molecule has 1 heterocycles. The third-order valence-electron chi connectivity index (χ3n) is 3.58. The first kappa shape index (κ1) is 12.4. The third kappa shape index (κ3) is 2.97. The quantitative estimate of drug-likeness (QED) is 0.741. The van der Waals surface area contributed by atoms with Crippen molar-refractivity contribution < 1.29 is 4.79 Å². The summed E-state index contributed by atoms with van der Waals surface area (Å²) in [6.45, 7) is 1.47. The molecule has 2 atom stereocenters. The molecule has 0 saturated carbocycles. The molecule has 94 valence electrons. The van der Waals surface area contributed by atoms with Crippen molar-refractivity contribution in [1.82, 2.24) is 9.80 Å². The van der Waals surface area contributed by atoms with Gasteiger partial charge in [-0.25, -0.2) is 0 Å². The lowest BCUT2D eigenvalue weighted by molar-refractivity contribution is -0.133. The van der Waals surface area contributed by atoms with Gasteiger partial charge in [0.15, 0.2) is 0 Å². The van der Waals surface area contributed by atoms with E-state index in [0.717, 1.165) is 25.8 Å². The molecule has 1 fully saturated rings. The molecule has 1 unspecified atom stereocenters. The van der Waals surface area contributed by atoms with E-state index in [-0.39, 0.29) is 5.91 Å². The molecule has 1 aliphatic heterocycles. The van der Waals surface area contributed by atoms with E-state index in [1.165, 1.54) is 0 Å². The van der Waals surface area contributed by atoms with Crippen LogP contribution in [0.3, 0.4) is 0 Å². The smallest absolute Gasteiger partial charge is 0.236 e. The Morgan fingerprint density at radius 3 is 2.88 bits per heavy atom. The second-order valence-corrected chi connectivity index (χ2v) is 5.25. The predicted molar refractivity (Wildman–Crippen MR) is 69.7 cm³/mol. The van der Waals surface area contributed by atoms with Crippen molar-refractivity contribution in [3.8, 4) is 0 Å². The molecule has 0 N–H and O–H groups in total. The Bertz CT molecular complexity index is 333. The zero-order valence-electron chi connectivity index (χ0n) is 10.8. The van der Waals surface area contributed by atoms with Gasteiger partial charge in [0.2, 0.25) is 5.91 Å². The highest BCUT2D eigenvalue weighted by atomic mass is 16.2. The van der Waals surface area contributed by atoms with Crippen LogP contribution in [0, 0.1) is 5.92 Å². The van der Waals surface area contributed by atoms with Crippen molar-refractivity contribution in [2.75, 3.05) is 27.2 Å². The lowest BCUT2D eigenvalue weighted by Gasteiger charge is -2.31. The molecule has 2 rings (SSSR count). The zero-order valence-corrected chi connectivity index (χ0v) is 10.8. The maximum Gasteiger partial charge on any atom is 0.236 e. The molecule has 0 aromatic heterocycles. The fraction of sp³-hybridized carbons (Fsp3) is 0.643. The van der Waals surface area contributed by atoms with Crippen molar-refractivity contribution in [3.63, 3.8) is 0 Å². The van der Waals surface area contributed by atoms with Gasteiger partial charge >= 0.3 is 0 Å². The Kier molecular flexibility index (Phi) is 4.00. The molecule has 1 aliphatic carbocycles. The summed E-state index contributed by atoms with van der Waals surface area (Å²) in [7, 11) is 3.90. The van der Waals surface area contributed by atoms with Gasteiger partial charge < -0.3 is 9.80 Å². The molecule has 3 nitrogen and oxygen atoms in total. The van der Waals surface area contributed by atoms with Gasteiger partial charge in [-0.15, -0.1) is 0 Å². The first-order valence-corrected chi connectivity index (χ1v) is 6.46. The van der Waals surface area contributed by atoms with Crippen LogP contribution in [-0.4, -0.2) is 48.9 Å². The second-order valence-electron chi connectivity index (χ2n) is 5.25. The molecule has 0 spiro atoms. The molecule has 1 amide bonds. The molecule has 0 bridgehead atoms. The largest absolute Gasteiger partial charge is 0.338 e. The summed E-state index contributed by atoms with van der Waals surface area (Å²) in [5, 5.41) is 0. The molecular weight excluding hydrogens is 212 g/mol. The fourth-order valence-electron chi connectivity index (χ4n) is 2.79. The monoisotopic (exact) mass is 234 g/mol. The van der Waals surface area contributed by atoms with Crippen LogP contribution in [0.2, 0.25) is 0 Å². The Labute approximate surface area is 104 Å². The van der Waals surface area contributed by atoms with Crippen LogP contribution < -0.4 is 0 Å². The van der Waals surface area contributed by atoms with Gasteiger partial charge in [0, 0.05) is 18.5 Å². The van der Waals surface area contributed by atoms with Gasteiger partial charge in [-0.1, -0.05) is 24.3 Å². The zero-order chi connectivity index (χ0) is 12.3. The van der Waals surface area contributed by atoms with Gasteiger partial charge in [0.1, 0.15) is 0 Å². The van der Waals surface area contributed by atoms with E-state index in [1.807, 2.05) is 19.0 Å². The second kappa shape index (κ2) is 5.50. The van der Waals surface area contributed by atoms with Crippen LogP contribution in [0.1, 0.15) is 19.3 Å². The van der Waals surface area contributed by atoms with Gasteiger partial charge in [-0.3, -0.25) is 4.79 Å². The molecule has 17 heavy (non-hydrogen) atoms. The highest BCUT2D eigenvalue weighted by molar-refractivity contribution is 5.78. The lowest BCUT2D eigenvalue weighted by Crippen LogP contribution is -2.43. The van der Waals surface area contributed by atoms with Gasteiger partial charge in [0.25, 0.3) is 0 Å². The van der Waals surface area contributed by atoms with Crippen LogP contribution in [0.15, 0.2) is 24.3 Å². The number of allylic oxidation sites excluding steroid dienone is 3. The highest BCUT2D eigenvalue weighted by Gasteiger charge is 2.33. The molecule has 0 aromatic carbocycles. The Morgan fingerprint density at radius 1 is 1.41 bits per heavy atom. The molecule has 0 aromatic rings. The van der Waals surface area contributed by atoms with Crippen molar-refractivity contribution in [3.05, 3.63) is 24.3 Å². The Morgan fingerprint density at radius 2 is 2.24 bits per heavy atom. The number of carbonyl (C=O) groups is 1. The van der Waals surface area contributed by atoms with Crippen molar-refractivity contribution in [1.29, 1.82) is 0 Å². The summed E-state index contributed by atoms with van der Waals surface area (Å²) in [4.78, 5) is 16.2. The summed E-state index contributed by atoms with van der Waals surface area (Å²) in [5.41, 5.74) is 0. The van der Waals surface area contributed by atoms with E-state index in [2.05, 4.69) is 29.2 Å². The van der Waals surface area contributed by atoms with Crippen LogP contribution in [-0.2, 0) is 4.79 Å². The number of hydrogen-bond donors (Lipinski definition) is 0.